The van der Waals surface area contributed by atoms with Gasteiger partial charge in [-0.3, -0.25) is 0 Å². The van der Waals surface area contributed by atoms with E-state index in [4.69, 9.17) is 0 Å². The second-order valence-electron chi connectivity index (χ2n) is 4.26. The molecule has 0 saturated carbocycles. The molecule has 1 nitrogen and oxygen atoms in total. The Morgan fingerprint density at radius 1 is 1.00 bits per heavy atom. The van der Waals surface area contributed by atoms with Crippen LogP contribution in [-0.2, 0) is 10.1 Å². The summed E-state index contributed by atoms with van der Waals surface area (Å²) in [4.78, 5) is 11.4. The van der Waals surface area contributed by atoms with Crippen molar-refractivity contribution < 1.29 is 4.79 Å². The van der Waals surface area contributed by atoms with Crippen molar-refractivity contribution in [2.24, 2.45) is 0 Å². The van der Waals surface area contributed by atoms with Gasteiger partial charge in [0.05, 0.1) is 0 Å². The number of carbonyl (C=O) groups excluding carboxylic acids is 1. The average Bonchev–Trinajstić information content (AvgIpc) is 2.45. The molecule has 0 fully saturated rings. The summed E-state index contributed by atoms with van der Waals surface area (Å²) in [6, 6.07) is 20.6. The number of ketones is 1. The molecule has 19 heavy (non-hydrogen) atoms. The topological polar surface area (TPSA) is 17.1 Å². The fourth-order valence-electron chi connectivity index (χ4n) is 1.73. The molecule has 0 aliphatic rings. The molecule has 96 valence electrons. The van der Waals surface area contributed by atoms with E-state index in [9.17, 15) is 4.79 Å². The van der Waals surface area contributed by atoms with Gasteiger partial charge in [-0.25, -0.2) is 0 Å². The molecule has 0 atom stereocenters. The molecule has 0 radical (unpaired) electrons. The summed E-state index contributed by atoms with van der Waals surface area (Å²) < 4.78 is 1.17. The van der Waals surface area contributed by atoms with Crippen LogP contribution in [0.1, 0.15) is 18.1 Å². The van der Waals surface area contributed by atoms with E-state index in [-0.39, 0.29) is 20.7 Å². The number of rotatable bonds is 5. The van der Waals surface area contributed by atoms with Crippen LogP contribution >= 0.6 is 0 Å². The average molecular weight is 315 g/mol. The first kappa shape index (κ1) is 13.8. The first-order valence-electron chi connectivity index (χ1n) is 6.20. The van der Waals surface area contributed by atoms with Crippen LogP contribution in [0.25, 0.3) is 4.47 Å². The second kappa shape index (κ2) is 7.08. The van der Waals surface area contributed by atoms with Crippen molar-refractivity contribution in [3.63, 3.8) is 0 Å². The molecule has 2 aromatic carbocycles. The van der Waals surface area contributed by atoms with Crippen molar-refractivity contribution in [2.75, 3.05) is 0 Å². The Labute approximate surface area is 120 Å². The Morgan fingerprint density at radius 2 is 1.58 bits per heavy atom. The Kier molecular flexibility index (Phi) is 5.14. The molecule has 0 N–H and O–H groups in total. The fraction of sp³-hybridized carbons (Fsp3) is 0.118. The minimum atomic E-state index is 0.119. The van der Waals surface area contributed by atoms with Gasteiger partial charge in [0.2, 0.25) is 0 Å². The summed E-state index contributed by atoms with van der Waals surface area (Å²) in [5.74, 6) is 0.119. The predicted octanol–water partition coefficient (Wildman–Crippen LogP) is 3.52. The minimum absolute atomic E-state index is 0.119. The summed E-state index contributed by atoms with van der Waals surface area (Å²) in [6.07, 6.45) is 1.78. The molecule has 2 aromatic rings. The van der Waals surface area contributed by atoms with Gasteiger partial charge in [0, 0.05) is 0 Å². The third-order valence-corrected chi connectivity index (χ3v) is 5.03. The molecular formula is C17H16OSe. The summed E-state index contributed by atoms with van der Waals surface area (Å²) in [5, 5.41) is 1.02. The van der Waals surface area contributed by atoms with Gasteiger partial charge >= 0.3 is 120 Å². The first-order valence-corrected chi connectivity index (χ1v) is 8.27. The van der Waals surface area contributed by atoms with Gasteiger partial charge in [0.1, 0.15) is 0 Å². The van der Waals surface area contributed by atoms with Gasteiger partial charge in [-0.05, 0) is 0 Å². The van der Waals surface area contributed by atoms with Crippen LogP contribution in [0.4, 0.5) is 0 Å². The van der Waals surface area contributed by atoms with Gasteiger partial charge < -0.3 is 0 Å². The Morgan fingerprint density at radius 3 is 2.16 bits per heavy atom. The summed E-state index contributed by atoms with van der Waals surface area (Å²) >= 11 is 0.272. The molecule has 0 saturated heterocycles. The molecular weight excluding hydrogens is 299 g/mol. The standard InChI is InChI=1S/C17H16OSe/c1-14(18)12-17(16-10-6-3-7-11-16)19-13-15-8-4-2-5-9-15/h2-12H,13H2,1H3. The van der Waals surface area contributed by atoms with E-state index in [1.54, 1.807) is 13.0 Å². The van der Waals surface area contributed by atoms with Crippen molar-refractivity contribution >= 4 is 25.2 Å². The maximum atomic E-state index is 11.4. The number of hydrogen-bond acceptors (Lipinski definition) is 1. The zero-order valence-corrected chi connectivity index (χ0v) is 12.6. The monoisotopic (exact) mass is 316 g/mol. The number of hydrogen-bond donors (Lipinski definition) is 0. The summed E-state index contributed by atoms with van der Waals surface area (Å²) in [6.45, 7) is 1.61. The van der Waals surface area contributed by atoms with Crippen molar-refractivity contribution in [3.05, 3.63) is 77.9 Å². The van der Waals surface area contributed by atoms with Gasteiger partial charge in [-0.2, -0.15) is 0 Å². The molecule has 0 amide bonds. The maximum absolute atomic E-state index is 11.4. The number of carbonyl (C=O) groups is 1. The van der Waals surface area contributed by atoms with Crippen LogP contribution in [0.15, 0.2) is 66.7 Å². The Bertz CT molecular complexity index is 558. The third kappa shape index (κ3) is 4.51. The molecule has 0 aromatic heterocycles. The van der Waals surface area contributed by atoms with E-state index in [1.165, 1.54) is 10.0 Å². The number of benzene rings is 2. The molecule has 0 aliphatic heterocycles. The molecule has 0 unspecified atom stereocenters. The zero-order chi connectivity index (χ0) is 13.5. The van der Waals surface area contributed by atoms with E-state index < -0.39 is 0 Å². The second-order valence-corrected chi connectivity index (χ2v) is 6.39. The third-order valence-electron chi connectivity index (χ3n) is 2.63. The molecule has 2 heteroatoms. The van der Waals surface area contributed by atoms with Crippen LogP contribution in [-0.4, -0.2) is 20.7 Å². The van der Waals surface area contributed by atoms with E-state index in [2.05, 4.69) is 36.4 Å². The molecule has 0 spiro atoms. The summed E-state index contributed by atoms with van der Waals surface area (Å²) in [5.41, 5.74) is 2.49. The van der Waals surface area contributed by atoms with Crippen LogP contribution in [0.3, 0.4) is 0 Å². The van der Waals surface area contributed by atoms with E-state index in [1.807, 2.05) is 24.3 Å². The van der Waals surface area contributed by atoms with E-state index >= 15 is 0 Å². The van der Waals surface area contributed by atoms with Crippen LogP contribution in [0.5, 0.6) is 0 Å². The SMILES string of the molecule is CC(=O)C=C([Se]Cc1ccccc1)c1ccccc1. The molecule has 0 aliphatic carbocycles. The first-order chi connectivity index (χ1) is 9.25. The Hall–Kier alpha value is -1.63. The van der Waals surface area contributed by atoms with Crippen molar-refractivity contribution in [3.8, 4) is 0 Å². The van der Waals surface area contributed by atoms with Gasteiger partial charge in [0.15, 0.2) is 0 Å². The quantitative estimate of drug-likeness (QED) is 0.609. The van der Waals surface area contributed by atoms with Crippen molar-refractivity contribution in [1.82, 2.24) is 0 Å². The van der Waals surface area contributed by atoms with Crippen molar-refractivity contribution in [1.29, 1.82) is 0 Å². The van der Waals surface area contributed by atoms with Gasteiger partial charge in [-0.15, -0.1) is 0 Å². The zero-order valence-electron chi connectivity index (χ0n) is 10.9. The van der Waals surface area contributed by atoms with E-state index in [0.29, 0.717) is 0 Å². The van der Waals surface area contributed by atoms with E-state index in [0.717, 1.165) is 10.9 Å². The molecule has 0 heterocycles. The van der Waals surface area contributed by atoms with Gasteiger partial charge in [-0.1, -0.05) is 0 Å². The van der Waals surface area contributed by atoms with Crippen LogP contribution in [0, 0.1) is 0 Å². The van der Waals surface area contributed by atoms with Crippen LogP contribution in [0.2, 0.25) is 0 Å². The summed E-state index contributed by atoms with van der Waals surface area (Å²) in [7, 11) is 0. The normalized spacial score (nSPS) is 11.3. The Balaban J connectivity index is 2.14. The molecule has 0 bridgehead atoms. The molecule has 2 rings (SSSR count). The predicted molar refractivity (Wildman–Crippen MR) is 81.0 cm³/mol. The number of allylic oxidation sites excluding steroid dienone is 1. The van der Waals surface area contributed by atoms with Gasteiger partial charge in [0.25, 0.3) is 0 Å². The van der Waals surface area contributed by atoms with Crippen LogP contribution < -0.4 is 0 Å². The van der Waals surface area contributed by atoms with Crippen molar-refractivity contribution in [2.45, 2.75) is 12.2 Å². The fourth-order valence-corrected chi connectivity index (χ4v) is 3.97.